The number of oxazole rings is 1. The van der Waals surface area contributed by atoms with Crippen molar-refractivity contribution in [2.75, 3.05) is 4.90 Å². The molecule has 11 rings (SSSR count). The average Bonchev–Trinajstić information content (AvgIpc) is 3.85. The van der Waals surface area contributed by atoms with Gasteiger partial charge in [0.1, 0.15) is 5.52 Å². The van der Waals surface area contributed by atoms with E-state index in [4.69, 9.17) is 9.40 Å². The van der Waals surface area contributed by atoms with Crippen molar-refractivity contribution in [3.05, 3.63) is 188 Å². The van der Waals surface area contributed by atoms with Gasteiger partial charge in [0, 0.05) is 43.3 Å². The molecular weight excluding hydrogens is 691 g/mol. The molecule has 0 aliphatic carbocycles. The first-order chi connectivity index (χ1) is 27.2. The molecule has 258 valence electrons. The highest BCUT2D eigenvalue weighted by Crippen LogP contribution is 2.45. The van der Waals surface area contributed by atoms with E-state index in [0.717, 1.165) is 50.5 Å². The van der Waals surface area contributed by atoms with Gasteiger partial charge in [0.15, 0.2) is 5.58 Å². The summed E-state index contributed by atoms with van der Waals surface area (Å²) < 4.78 is 8.86. The average molecular weight is 722 g/mol. The third kappa shape index (κ3) is 5.44. The van der Waals surface area contributed by atoms with Crippen molar-refractivity contribution in [3.8, 4) is 33.8 Å². The van der Waals surface area contributed by atoms with Crippen LogP contribution in [0.5, 0.6) is 0 Å². The second kappa shape index (κ2) is 12.8. The van der Waals surface area contributed by atoms with Gasteiger partial charge in [0.2, 0.25) is 5.89 Å². The lowest BCUT2D eigenvalue weighted by molar-refractivity contribution is 0.620. The van der Waals surface area contributed by atoms with Crippen LogP contribution in [0.2, 0.25) is 0 Å². The minimum absolute atomic E-state index is 0.588. The van der Waals surface area contributed by atoms with Crippen LogP contribution in [0.1, 0.15) is 0 Å². The second-order valence-electron chi connectivity index (χ2n) is 13.8. The molecule has 4 nitrogen and oxygen atoms in total. The van der Waals surface area contributed by atoms with E-state index in [1.54, 1.807) is 0 Å². The number of pyridine rings is 1. The number of nitrogens with zero attached hydrogens (tertiary/aromatic N) is 3. The van der Waals surface area contributed by atoms with Crippen LogP contribution in [-0.4, -0.2) is 9.97 Å². The molecule has 55 heavy (non-hydrogen) atoms. The molecule has 0 aliphatic rings. The predicted octanol–water partition coefficient (Wildman–Crippen LogP) is 14.4. The number of benzene rings is 8. The zero-order valence-electron chi connectivity index (χ0n) is 29.6. The Bertz CT molecular complexity index is 3200. The Balaban J connectivity index is 1.08. The van der Waals surface area contributed by atoms with Crippen LogP contribution in [0.15, 0.2) is 193 Å². The summed E-state index contributed by atoms with van der Waals surface area (Å²) in [6.45, 7) is 0. The van der Waals surface area contributed by atoms with Gasteiger partial charge in [-0.25, -0.2) is 4.98 Å². The van der Waals surface area contributed by atoms with Gasteiger partial charge in [-0.15, -0.1) is 11.3 Å². The number of para-hydroxylation sites is 3. The van der Waals surface area contributed by atoms with Crippen LogP contribution in [0.4, 0.5) is 17.1 Å². The summed E-state index contributed by atoms with van der Waals surface area (Å²) in [5.74, 6) is 0.588. The maximum atomic E-state index is 6.40. The van der Waals surface area contributed by atoms with Gasteiger partial charge in [-0.1, -0.05) is 103 Å². The molecule has 0 bridgehead atoms. The maximum absolute atomic E-state index is 6.40. The Kier molecular flexibility index (Phi) is 7.32. The Labute approximate surface area is 321 Å². The van der Waals surface area contributed by atoms with Crippen molar-refractivity contribution in [2.24, 2.45) is 0 Å². The second-order valence-corrected chi connectivity index (χ2v) is 14.9. The van der Waals surface area contributed by atoms with Crippen molar-refractivity contribution in [1.29, 1.82) is 0 Å². The number of aromatic nitrogens is 2. The van der Waals surface area contributed by atoms with Gasteiger partial charge in [-0.05, 0) is 112 Å². The van der Waals surface area contributed by atoms with Crippen LogP contribution < -0.4 is 4.90 Å². The molecule has 0 radical (unpaired) electrons. The summed E-state index contributed by atoms with van der Waals surface area (Å²) in [6.07, 6.45) is 1.85. The molecule has 0 atom stereocenters. The van der Waals surface area contributed by atoms with E-state index >= 15 is 0 Å². The SMILES string of the molecule is c1ccc(-c2ccc3sc4cc(N(c5cccc(-c6ccc7c(ccc8ccccc87)c6)c5)c5ccccc5-c5nc6ccccc6o5)ccc4c3c2)nc1. The molecule has 3 heterocycles. The summed E-state index contributed by atoms with van der Waals surface area (Å²) >= 11 is 1.81. The molecule has 3 aromatic heterocycles. The summed E-state index contributed by atoms with van der Waals surface area (Å²) in [5.41, 5.74) is 9.98. The molecule has 11 aromatic rings. The van der Waals surface area contributed by atoms with E-state index in [-0.39, 0.29) is 0 Å². The fourth-order valence-corrected chi connectivity index (χ4v) is 9.00. The van der Waals surface area contributed by atoms with Gasteiger partial charge in [0.05, 0.1) is 16.9 Å². The van der Waals surface area contributed by atoms with Gasteiger partial charge in [0.25, 0.3) is 0 Å². The number of fused-ring (bicyclic) bond motifs is 7. The van der Waals surface area contributed by atoms with E-state index in [1.165, 1.54) is 47.3 Å². The van der Waals surface area contributed by atoms with E-state index in [0.29, 0.717) is 5.89 Å². The van der Waals surface area contributed by atoms with Crippen LogP contribution in [-0.2, 0) is 0 Å². The van der Waals surface area contributed by atoms with Crippen molar-refractivity contribution < 1.29 is 4.42 Å². The lowest BCUT2D eigenvalue weighted by atomic mass is 9.97. The molecule has 0 unspecified atom stereocenters. The fourth-order valence-electron chi connectivity index (χ4n) is 7.88. The summed E-state index contributed by atoms with van der Waals surface area (Å²) in [6, 6.07) is 64.5. The number of hydrogen-bond acceptors (Lipinski definition) is 5. The maximum Gasteiger partial charge on any atom is 0.229 e. The van der Waals surface area contributed by atoms with E-state index in [9.17, 15) is 0 Å². The highest BCUT2D eigenvalue weighted by molar-refractivity contribution is 7.25. The lowest BCUT2D eigenvalue weighted by Gasteiger charge is -2.27. The predicted molar refractivity (Wildman–Crippen MR) is 231 cm³/mol. The zero-order chi connectivity index (χ0) is 36.3. The molecule has 0 spiro atoms. The summed E-state index contributed by atoms with van der Waals surface area (Å²) in [4.78, 5) is 11.9. The van der Waals surface area contributed by atoms with Crippen LogP contribution in [0, 0.1) is 0 Å². The van der Waals surface area contributed by atoms with Crippen molar-refractivity contribution in [3.63, 3.8) is 0 Å². The highest BCUT2D eigenvalue weighted by atomic mass is 32.1. The molecule has 0 saturated carbocycles. The largest absolute Gasteiger partial charge is 0.436 e. The van der Waals surface area contributed by atoms with E-state index < -0.39 is 0 Å². The Morgan fingerprint density at radius 3 is 2.20 bits per heavy atom. The lowest BCUT2D eigenvalue weighted by Crippen LogP contribution is -2.11. The number of thiophene rings is 1. The molecule has 0 amide bonds. The molecule has 0 N–H and O–H groups in total. The van der Waals surface area contributed by atoms with Crippen molar-refractivity contribution in [1.82, 2.24) is 9.97 Å². The minimum atomic E-state index is 0.588. The molecule has 8 aromatic carbocycles. The topological polar surface area (TPSA) is 42.2 Å². The van der Waals surface area contributed by atoms with Crippen LogP contribution in [0.25, 0.3) is 86.7 Å². The molecule has 0 fully saturated rings. The van der Waals surface area contributed by atoms with Crippen molar-refractivity contribution >= 4 is 81.2 Å². The molecule has 5 heteroatoms. The number of anilines is 3. The first-order valence-corrected chi connectivity index (χ1v) is 19.2. The molecular formula is C50H31N3OS. The Morgan fingerprint density at radius 1 is 0.473 bits per heavy atom. The number of hydrogen-bond donors (Lipinski definition) is 0. The van der Waals surface area contributed by atoms with Crippen molar-refractivity contribution in [2.45, 2.75) is 0 Å². The quantitative estimate of drug-likeness (QED) is 0.160. The Hall–Kier alpha value is -7.08. The van der Waals surface area contributed by atoms with E-state index in [2.05, 4.69) is 155 Å². The fraction of sp³-hybridized carbons (Fsp3) is 0. The van der Waals surface area contributed by atoms with Gasteiger partial charge in [-0.2, -0.15) is 0 Å². The van der Waals surface area contributed by atoms with Gasteiger partial charge < -0.3 is 9.32 Å². The first-order valence-electron chi connectivity index (χ1n) is 18.4. The standard InChI is InChI=1S/C50H31N3OS/c1-2-13-39-32(10-1)19-20-35-28-34(21-24-40(35)39)33-11-9-12-37(29-33)53(46-17-5-3-14-42(46)50-52-45-16-4-6-18-47(45)54-50)38-23-25-41-43-30-36(44-15-7-8-27-51-44)22-26-48(43)55-49(41)31-38/h1-31H. The van der Waals surface area contributed by atoms with E-state index in [1.807, 2.05) is 53.9 Å². The monoisotopic (exact) mass is 721 g/mol. The molecule has 0 aliphatic heterocycles. The smallest absolute Gasteiger partial charge is 0.229 e. The van der Waals surface area contributed by atoms with Crippen LogP contribution >= 0.6 is 11.3 Å². The third-order valence-corrected chi connectivity index (χ3v) is 11.7. The first kappa shape index (κ1) is 31.4. The van der Waals surface area contributed by atoms with Gasteiger partial charge >= 0.3 is 0 Å². The highest BCUT2D eigenvalue weighted by Gasteiger charge is 2.21. The zero-order valence-corrected chi connectivity index (χ0v) is 30.4. The molecule has 0 saturated heterocycles. The normalized spacial score (nSPS) is 11.6. The third-order valence-electron chi connectivity index (χ3n) is 10.5. The summed E-state index contributed by atoms with van der Waals surface area (Å²) in [5, 5.41) is 7.47. The number of rotatable bonds is 6. The van der Waals surface area contributed by atoms with Gasteiger partial charge in [-0.3, -0.25) is 4.98 Å². The van der Waals surface area contributed by atoms with Crippen LogP contribution in [0.3, 0.4) is 0 Å². The minimum Gasteiger partial charge on any atom is -0.436 e. The Morgan fingerprint density at radius 2 is 1.25 bits per heavy atom. The summed E-state index contributed by atoms with van der Waals surface area (Å²) in [7, 11) is 0.